The van der Waals surface area contributed by atoms with Gasteiger partial charge in [-0.15, -0.1) is 0 Å². The van der Waals surface area contributed by atoms with Crippen molar-refractivity contribution >= 4 is 5.78 Å². The molecule has 104 valence electrons. The van der Waals surface area contributed by atoms with Gasteiger partial charge in [-0.1, -0.05) is 0 Å². The van der Waals surface area contributed by atoms with Crippen LogP contribution >= 0.6 is 0 Å². The van der Waals surface area contributed by atoms with E-state index in [9.17, 15) is 4.79 Å². The first-order chi connectivity index (χ1) is 9.15. The lowest BCUT2D eigenvalue weighted by molar-refractivity contribution is 0.0881. The minimum absolute atomic E-state index is 0.0714. The molecule has 0 atom stereocenters. The number of hydrogen-bond donors (Lipinski definition) is 1. The predicted octanol–water partition coefficient (Wildman–Crippen LogP) is 2.40. The van der Waals surface area contributed by atoms with Gasteiger partial charge < -0.3 is 15.2 Å². The first-order valence-corrected chi connectivity index (χ1v) is 6.67. The van der Waals surface area contributed by atoms with E-state index in [0.29, 0.717) is 17.1 Å². The third kappa shape index (κ3) is 3.07. The number of ether oxygens (including phenoxy) is 2. The summed E-state index contributed by atoms with van der Waals surface area (Å²) in [7, 11) is 3.17. The van der Waals surface area contributed by atoms with Gasteiger partial charge in [-0.3, -0.25) is 4.79 Å². The number of ketones is 1. The van der Waals surface area contributed by atoms with Crippen molar-refractivity contribution in [2.45, 2.75) is 31.7 Å². The van der Waals surface area contributed by atoms with E-state index in [1.807, 2.05) is 0 Å². The zero-order chi connectivity index (χ0) is 13.8. The van der Waals surface area contributed by atoms with Crippen LogP contribution in [0, 0.1) is 5.92 Å². The van der Waals surface area contributed by atoms with Crippen LogP contribution in [0.4, 0.5) is 0 Å². The summed E-state index contributed by atoms with van der Waals surface area (Å²) in [4.78, 5) is 12.5. The molecular formula is C15H21NO3. The Morgan fingerprint density at radius 1 is 1.16 bits per heavy atom. The van der Waals surface area contributed by atoms with E-state index in [4.69, 9.17) is 15.2 Å². The molecule has 0 heterocycles. The van der Waals surface area contributed by atoms with Gasteiger partial charge in [0.15, 0.2) is 5.78 Å². The monoisotopic (exact) mass is 263 g/mol. The molecule has 2 N–H and O–H groups in total. The molecule has 1 aliphatic carbocycles. The molecule has 0 amide bonds. The van der Waals surface area contributed by atoms with Crippen molar-refractivity contribution in [1.82, 2.24) is 0 Å². The third-order valence-corrected chi connectivity index (χ3v) is 3.82. The van der Waals surface area contributed by atoms with E-state index in [1.54, 1.807) is 32.4 Å². The van der Waals surface area contributed by atoms with Crippen LogP contribution in [0.2, 0.25) is 0 Å². The van der Waals surface area contributed by atoms with Crippen molar-refractivity contribution < 1.29 is 14.3 Å². The second-order valence-electron chi connectivity index (χ2n) is 5.04. The molecule has 0 spiro atoms. The fourth-order valence-electron chi connectivity index (χ4n) is 2.60. The van der Waals surface area contributed by atoms with Crippen molar-refractivity contribution in [2.24, 2.45) is 11.7 Å². The van der Waals surface area contributed by atoms with Gasteiger partial charge in [-0.05, 0) is 37.8 Å². The Bertz CT molecular complexity index is 451. The standard InChI is InChI=1S/C15H21NO3/c1-18-12-7-8-13(14(9-12)19-2)15(17)10-3-5-11(16)6-4-10/h7-11H,3-6,16H2,1-2H3. The second-order valence-corrected chi connectivity index (χ2v) is 5.04. The Kier molecular flexibility index (Phi) is 4.43. The maximum atomic E-state index is 12.5. The van der Waals surface area contributed by atoms with Crippen LogP contribution in [0.3, 0.4) is 0 Å². The molecule has 1 aromatic rings. The third-order valence-electron chi connectivity index (χ3n) is 3.82. The number of hydrogen-bond acceptors (Lipinski definition) is 4. The van der Waals surface area contributed by atoms with Gasteiger partial charge in [-0.2, -0.15) is 0 Å². The minimum atomic E-state index is 0.0714. The molecular weight excluding hydrogens is 242 g/mol. The fourth-order valence-corrected chi connectivity index (χ4v) is 2.60. The van der Waals surface area contributed by atoms with Gasteiger partial charge in [0, 0.05) is 18.0 Å². The Balaban J connectivity index is 2.18. The molecule has 0 aromatic heterocycles. The van der Waals surface area contributed by atoms with Crippen LogP contribution in [0.25, 0.3) is 0 Å². The summed E-state index contributed by atoms with van der Waals surface area (Å²) in [5, 5.41) is 0. The highest BCUT2D eigenvalue weighted by Crippen LogP contribution is 2.31. The molecule has 1 aliphatic rings. The lowest BCUT2D eigenvalue weighted by Gasteiger charge is -2.25. The Morgan fingerprint density at radius 3 is 2.42 bits per heavy atom. The summed E-state index contributed by atoms with van der Waals surface area (Å²) in [6, 6.07) is 5.59. The molecule has 2 rings (SSSR count). The highest BCUT2D eigenvalue weighted by molar-refractivity contribution is 6.00. The average Bonchev–Trinajstić information content (AvgIpc) is 2.46. The maximum Gasteiger partial charge on any atom is 0.169 e. The van der Waals surface area contributed by atoms with Gasteiger partial charge in [0.1, 0.15) is 11.5 Å². The molecule has 1 fully saturated rings. The molecule has 0 aliphatic heterocycles. The van der Waals surface area contributed by atoms with Gasteiger partial charge in [-0.25, -0.2) is 0 Å². The molecule has 4 nitrogen and oxygen atoms in total. The van der Waals surface area contributed by atoms with Crippen molar-refractivity contribution in [3.63, 3.8) is 0 Å². The first-order valence-electron chi connectivity index (χ1n) is 6.67. The highest BCUT2D eigenvalue weighted by Gasteiger charge is 2.27. The zero-order valence-electron chi connectivity index (χ0n) is 11.5. The number of rotatable bonds is 4. The topological polar surface area (TPSA) is 61.5 Å². The van der Waals surface area contributed by atoms with Gasteiger partial charge in [0.05, 0.1) is 19.8 Å². The molecule has 0 radical (unpaired) electrons. The summed E-state index contributed by atoms with van der Waals surface area (Å²) in [6.45, 7) is 0. The van der Waals surface area contributed by atoms with E-state index in [0.717, 1.165) is 25.7 Å². The Hall–Kier alpha value is -1.55. The smallest absolute Gasteiger partial charge is 0.169 e. The molecule has 0 unspecified atom stereocenters. The van der Waals surface area contributed by atoms with Gasteiger partial charge >= 0.3 is 0 Å². The van der Waals surface area contributed by atoms with Crippen molar-refractivity contribution in [3.8, 4) is 11.5 Å². The number of Topliss-reactive ketones (excluding diaryl/α,β-unsaturated/α-hetero) is 1. The summed E-state index contributed by atoms with van der Waals surface area (Å²) in [5.41, 5.74) is 6.52. The number of methoxy groups -OCH3 is 2. The quantitative estimate of drug-likeness (QED) is 0.847. The summed E-state index contributed by atoms with van der Waals surface area (Å²) >= 11 is 0. The van der Waals surface area contributed by atoms with Crippen LogP contribution in [0.15, 0.2) is 18.2 Å². The van der Waals surface area contributed by atoms with Crippen LogP contribution in [0.5, 0.6) is 11.5 Å². The average molecular weight is 263 g/mol. The van der Waals surface area contributed by atoms with Gasteiger partial charge in [0.25, 0.3) is 0 Å². The fraction of sp³-hybridized carbons (Fsp3) is 0.533. The van der Waals surface area contributed by atoms with Crippen molar-refractivity contribution in [1.29, 1.82) is 0 Å². The molecule has 19 heavy (non-hydrogen) atoms. The minimum Gasteiger partial charge on any atom is -0.497 e. The lowest BCUT2D eigenvalue weighted by atomic mass is 9.81. The summed E-state index contributed by atoms with van der Waals surface area (Å²) in [6.07, 6.45) is 3.59. The van der Waals surface area contributed by atoms with E-state index >= 15 is 0 Å². The van der Waals surface area contributed by atoms with E-state index < -0.39 is 0 Å². The van der Waals surface area contributed by atoms with Crippen molar-refractivity contribution in [3.05, 3.63) is 23.8 Å². The van der Waals surface area contributed by atoms with E-state index in [2.05, 4.69) is 0 Å². The SMILES string of the molecule is COc1ccc(C(=O)C2CCC(N)CC2)c(OC)c1. The molecule has 4 heteroatoms. The summed E-state index contributed by atoms with van der Waals surface area (Å²) in [5.74, 6) is 1.51. The highest BCUT2D eigenvalue weighted by atomic mass is 16.5. The van der Waals surface area contributed by atoms with E-state index in [-0.39, 0.29) is 17.7 Å². The first kappa shape index (κ1) is 13.9. The molecule has 0 bridgehead atoms. The Labute approximate surface area is 113 Å². The van der Waals surface area contributed by atoms with E-state index in [1.165, 1.54) is 0 Å². The Morgan fingerprint density at radius 2 is 1.84 bits per heavy atom. The predicted molar refractivity (Wildman–Crippen MR) is 73.8 cm³/mol. The lowest BCUT2D eigenvalue weighted by Crippen LogP contribution is -2.30. The number of benzene rings is 1. The molecule has 1 aromatic carbocycles. The number of carbonyl (C=O) groups excluding carboxylic acids is 1. The number of carbonyl (C=O) groups is 1. The number of nitrogens with two attached hydrogens (primary N) is 1. The normalized spacial score (nSPS) is 22.9. The summed E-state index contributed by atoms with van der Waals surface area (Å²) < 4.78 is 10.4. The largest absolute Gasteiger partial charge is 0.497 e. The van der Waals surface area contributed by atoms with Crippen LogP contribution in [-0.4, -0.2) is 26.0 Å². The second kappa shape index (κ2) is 6.06. The van der Waals surface area contributed by atoms with Crippen LogP contribution in [0.1, 0.15) is 36.0 Å². The van der Waals surface area contributed by atoms with Crippen LogP contribution in [-0.2, 0) is 0 Å². The molecule has 1 saturated carbocycles. The van der Waals surface area contributed by atoms with Crippen molar-refractivity contribution in [2.75, 3.05) is 14.2 Å². The van der Waals surface area contributed by atoms with Gasteiger partial charge in [0.2, 0.25) is 0 Å². The maximum absolute atomic E-state index is 12.5. The molecule has 0 saturated heterocycles. The van der Waals surface area contributed by atoms with Crippen LogP contribution < -0.4 is 15.2 Å². The zero-order valence-corrected chi connectivity index (χ0v) is 11.5.